The third kappa shape index (κ3) is 9.88. The molecule has 0 unspecified atom stereocenters. The van der Waals surface area contributed by atoms with Crippen molar-refractivity contribution in [2.24, 2.45) is 5.41 Å². The summed E-state index contributed by atoms with van der Waals surface area (Å²) in [5.74, 6) is 1.19. The van der Waals surface area contributed by atoms with Crippen LogP contribution < -0.4 is 5.19 Å². The van der Waals surface area contributed by atoms with Crippen molar-refractivity contribution in [2.45, 2.75) is 107 Å². The van der Waals surface area contributed by atoms with E-state index in [0.29, 0.717) is 16.9 Å². The first-order valence-corrected chi connectivity index (χ1v) is 27.4. The Balaban J connectivity index is 0.000000246. The van der Waals surface area contributed by atoms with E-state index in [1.54, 1.807) is 0 Å². The molecular formula is C60H62IrN6OSi-2. The normalized spacial score (nSPS) is 12.0. The maximum Gasteiger partial charge on any atom is 0.216 e. The van der Waals surface area contributed by atoms with E-state index in [2.05, 4.69) is 176 Å². The summed E-state index contributed by atoms with van der Waals surface area (Å²) >= 11 is 0. The van der Waals surface area contributed by atoms with Gasteiger partial charge in [-0.3, -0.25) is 9.97 Å². The average molecular weight is 1100 g/mol. The van der Waals surface area contributed by atoms with Gasteiger partial charge in [-0.2, -0.15) is 0 Å². The Morgan fingerprint density at radius 3 is 2.13 bits per heavy atom. The Kier molecular flexibility index (Phi) is 13.8. The zero-order chi connectivity index (χ0) is 48.2. The Hall–Kier alpha value is -6.12. The van der Waals surface area contributed by atoms with Crippen LogP contribution in [0.3, 0.4) is 0 Å². The summed E-state index contributed by atoms with van der Waals surface area (Å²) in [4.78, 5) is 24.0. The number of rotatable bonds is 8. The number of furan rings is 1. The minimum atomic E-state index is -1.37. The van der Waals surface area contributed by atoms with Gasteiger partial charge in [0, 0.05) is 49.3 Å². The number of nitrogens with zero attached hydrogens (tertiary/aromatic N) is 6. The third-order valence-corrected chi connectivity index (χ3v) is 14.9. The molecule has 0 aliphatic rings. The Labute approximate surface area is 422 Å². The van der Waals surface area contributed by atoms with Crippen molar-refractivity contribution >= 4 is 57.1 Å². The van der Waals surface area contributed by atoms with E-state index < -0.39 is 8.07 Å². The second-order valence-corrected chi connectivity index (χ2v) is 26.3. The van der Waals surface area contributed by atoms with E-state index in [0.717, 1.165) is 67.9 Å². The second-order valence-electron chi connectivity index (χ2n) is 21.3. The molecule has 6 heterocycles. The molecule has 10 aromatic rings. The Bertz CT molecular complexity index is 3470. The summed E-state index contributed by atoms with van der Waals surface area (Å²) in [7, 11) is -1.37. The first kappa shape index (κ1) is 49.3. The average Bonchev–Trinajstić information content (AvgIpc) is 3.88. The number of aromatic nitrogens is 6. The van der Waals surface area contributed by atoms with Crippen molar-refractivity contribution in [1.29, 1.82) is 0 Å². The zero-order valence-electron chi connectivity index (χ0n) is 42.3. The molecule has 0 N–H and O–H groups in total. The number of hydrogen-bond acceptors (Lipinski definition) is 6. The second kappa shape index (κ2) is 19.3. The van der Waals surface area contributed by atoms with Gasteiger partial charge in [0.15, 0.2) is 0 Å². The summed E-state index contributed by atoms with van der Waals surface area (Å²) < 4.78 is 8.85. The van der Waals surface area contributed by atoms with E-state index in [9.17, 15) is 0 Å². The Morgan fingerprint density at radius 2 is 1.46 bits per heavy atom. The standard InChI is InChI=1S/C41H36N5O.C19H26NSi.Ir/c1-22(2)32-17-30(29-14-13-27-10-8-9-11-28(27)16-29)18-33(23(3)4)38(32)46-37-24(5)19-42-21-35(37)45-40(46)34-20-43-26(7)36-31-15-12-25(6)44-41(31)47-39(34)36;1-19(2,3)13-16-12-17(15-10-8-7-9-11-15)20-14-18(16)21(4,5)6;/h8-19,21-23H,1-7H3;7-10,12,14H,13H2,1-6H3;/q2*-1;. The summed E-state index contributed by atoms with van der Waals surface area (Å²) in [5.41, 5.74) is 16.5. The molecular weight excluding hydrogens is 1040 g/mol. The molecule has 0 aliphatic carbocycles. The molecule has 0 fully saturated rings. The summed E-state index contributed by atoms with van der Waals surface area (Å²) in [5, 5.41) is 5.84. The van der Waals surface area contributed by atoms with Gasteiger partial charge >= 0.3 is 0 Å². The van der Waals surface area contributed by atoms with E-state index in [1.165, 1.54) is 43.8 Å². The number of pyridine rings is 4. The maximum atomic E-state index is 6.53. The largest absolute Gasteiger partial charge is 0.486 e. The fraction of sp³-hybridized carbons (Fsp3) is 0.283. The van der Waals surface area contributed by atoms with Crippen LogP contribution in [0.2, 0.25) is 19.6 Å². The van der Waals surface area contributed by atoms with E-state index in [-0.39, 0.29) is 37.4 Å². The molecule has 0 saturated heterocycles. The minimum absolute atomic E-state index is 0. The van der Waals surface area contributed by atoms with Crippen molar-refractivity contribution in [3.05, 3.63) is 162 Å². The molecule has 0 saturated carbocycles. The van der Waals surface area contributed by atoms with Gasteiger partial charge in [-0.15, -0.1) is 35.9 Å². The van der Waals surface area contributed by atoms with E-state index in [1.807, 2.05) is 50.5 Å². The molecule has 6 aromatic heterocycles. The summed E-state index contributed by atoms with van der Waals surface area (Å²) in [6.07, 6.45) is 10.3. The number of benzene rings is 4. The SMILES string of the molecule is CC(C)(C)Cc1cc(-c2[c-]cccc2)ncc1[Si](C)(C)C.Cc1ccc2c(n1)oc1c(-c3nc4cncc(C)c4n3-c3c(C(C)C)cc(-c4ccc5ccccc5c4)cc3C(C)C)[c-]nc(C)c12.[Ir]. The Morgan fingerprint density at radius 1 is 0.754 bits per heavy atom. The van der Waals surface area contributed by atoms with Crippen LogP contribution in [0.15, 0.2) is 120 Å². The topological polar surface area (TPSA) is 82.5 Å². The van der Waals surface area contributed by atoms with Gasteiger partial charge in [-0.1, -0.05) is 123 Å². The molecule has 1 radical (unpaired) electrons. The van der Waals surface area contributed by atoms with Crippen LogP contribution in [0.4, 0.5) is 0 Å². The number of imidazole rings is 1. The van der Waals surface area contributed by atoms with Gasteiger partial charge < -0.3 is 19.0 Å². The van der Waals surface area contributed by atoms with Gasteiger partial charge in [-0.05, 0) is 140 Å². The van der Waals surface area contributed by atoms with Crippen LogP contribution in [0.5, 0.6) is 0 Å². The number of hydrogen-bond donors (Lipinski definition) is 0. The molecule has 4 aromatic carbocycles. The zero-order valence-corrected chi connectivity index (χ0v) is 45.7. The predicted octanol–water partition coefficient (Wildman–Crippen LogP) is 15.2. The van der Waals surface area contributed by atoms with Crippen LogP contribution in [-0.2, 0) is 26.5 Å². The summed E-state index contributed by atoms with van der Waals surface area (Å²) in [6.45, 7) is 29.2. The molecule has 0 aliphatic heterocycles. The van der Waals surface area contributed by atoms with Gasteiger partial charge in [0.1, 0.15) is 0 Å². The minimum Gasteiger partial charge on any atom is -0.486 e. The molecule has 0 spiro atoms. The number of fused-ring (bicyclic) bond motifs is 5. The fourth-order valence-corrected chi connectivity index (χ4v) is 11.1. The maximum absolute atomic E-state index is 6.53. The van der Waals surface area contributed by atoms with Gasteiger partial charge in [0.05, 0.1) is 36.7 Å². The van der Waals surface area contributed by atoms with Crippen molar-refractivity contribution < 1.29 is 24.5 Å². The molecule has 9 heteroatoms. The van der Waals surface area contributed by atoms with Gasteiger partial charge in [0.2, 0.25) is 5.71 Å². The third-order valence-electron chi connectivity index (χ3n) is 12.8. The van der Waals surface area contributed by atoms with Crippen LogP contribution in [0.1, 0.15) is 93.9 Å². The van der Waals surface area contributed by atoms with Crippen molar-refractivity contribution in [3.63, 3.8) is 0 Å². The quantitative estimate of drug-likeness (QED) is 0.111. The van der Waals surface area contributed by atoms with Crippen molar-refractivity contribution in [3.8, 4) is 39.5 Å². The van der Waals surface area contributed by atoms with Crippen LogP contribution in [-0.4, -0.2) is 37.6 Å². The van der Waals surface area contributed by atoms with Gasteiger partial charge in [-0.25, -0.2) is 4.98 Å². The number of aryl methyl sites for hydroxylation is 3. The molecule has 0 amide bonds. The van der Waals surface area contributed by atoms with Crippen molar-refractivity contribution in [1.82, 2.24) is 29.5 Å². The van der Waals surface area contributed by atoms with Crippen molar-refractivity contribution in [2.75, 3.05) is 0 Å². The van der Waals surface area contributed by atoms with Crippen LogP contribution in [0, 0.1) is 38.4 Å². The molecule has 0 atom stereocenters. The monoisotopic (exact) mass is 1100 g/mol. The smallest absolute Gasteiger partial charge is 0.216 e. The molecule has 7 nitrogen and oxygen atoms in total. The molecule has 0 bridgehead atoms. The van der Waals surface area contributed by atoms with E-state index >= 15 is 0 Å². The molecule has 69 heavy (non-hydrogen) atoms. The molecule has 10 rings (SSSR count). The van der Waals surface area contributed by atoms with Crippen LogP contribution in [0.25, 0.3) is 83.3 Å². The first-order chi connectivity index (χ1) is 32.4. The first-order valence-electron chi connectivity index (χ1n) is 23.9. The van der Waals surface area contributed by atoms with Crippen LogP contribution >= 0.6 is 0 Å². The van der Waals surface area contributed by atoms with Gasteiger partial charge in [0.25, 0.3) is 0 Å². The summed E-state index contributed by atoms with van der Waals surface area (Å²) in [6, 6.07) is 37.7. The van der Waals surface area contributed by atoms with E-state index in [4.69, 9.17) is 24.4 Å². The fourth-order valence-electron chi connectivity index (χ4n) is 9.52. The molecule has 353 valence electrons. The predicted molar refractivity (Wildman–Crippen MR) is 286 cm³/mol.